The predicted octanol–water partition coefficient (Wildman–Crippen LogP) is 0.323. The van der Waals surface area contributed by atoms with Crippen LogP contribution in [0.15, 0.2) is 24.3 Å². The molecule has 0 atom stereocenters. The third-order valence-electron chi connectivity index (χ3n) is 3.20. The van der Waals surface area contributed by atoms with E-state index in [0.717, 1.165) is 12.1 Å². The lowest BCUT2D eigenvalue weighted by Crippen LogP contribution is -2.42. The lowest BCUT2D eigenvalue weighted by molar-refractivity contribution is -0.170. The highest BCUT2D eigenvalue weighted by atomic mass is 16.4. The average molecular weight is 339 g/mol. The number of aliphatic hydroxyl groups is 1. The Balaban J connectivity index is 0.000000242. The van der Waals surface area contributed by atoms with Crippen molar-refractivity contribution < 1.29 is 39.6 Å². The number of carboxylic acid groups (broad SMARTS) is 3. The maximum absolute atomic E-state index is 10.9. The van der Waals surface area contributed by atoms with E-state index >= 15 is 0 Å². The first kappa shape index (κ1) is 19.1. The number of benzene rings is 1. The number of para-hydroxylation sites is 1. The summed E-state index contributed by atoms with van der Waals surface area (Å²) in [5.74, 6) is -4.89. The second-order valence-electron chi connectivity index (χ2n) is 5.18. The molecule has 1 aromatic carbocycles. The molecule has 0 saturated carbocycles. The van der Waals surface area contributed by atoms with Crippen molar-refractivity contribution in [1.82, 2.24) is 0 Å². The number of aryl methyl sites for hydroxylation is 1. The van der Waals surface area contributed by atoms with Crippen LogP contribution >= 0.6 is 0 Å². The lowest BCUT2D eigenvalue weighted by Gasteiger charge is -2.18. The van der Waals surface area contributed by atoms with Crippen molar-refractivity contribution in [3.8, 4) is 0 Å². The molecule has 9 nitrogen and oxygen atoms in total. The normalized spacial score (nSPS) is 13.0. The molecule has 0 unspecified atom stereocenters. The molecule has 1 heterocycles. The molecule has 0 aliphatic carbocycles. The topological polar surface area (TPSA) is 161 Å². The minimum absolute atomic E-state index is 0.128. The van der Waals surface area contributed by atoms with Gasteiger partial charge in [-0.2, -0.15) is 0 Å². The maximum Gasteiger partial charge on any atom is 0.336 e. The van der Waals surface area contributed by atoms with Gasteiger partial charge in [-0.15, -0.1) is 0 Å². The minimum Gasteiger partial charge on any atom is -0.481 e. The van der Waals surface area contributed by atoms with Gasteiger partial charge in [-0.05, 0) is 18.1 Å². The Morgan fingerprint density at radius 3 is 2.04 bits per heavy atom. The number of aliphatic carboxylic acids is 3. The molecular weight excluding hydrogens is 322 g/mol. The molecule has 130 valence electrons. The van der Waals surface area contributed by atoms with Gasteiger partial charge in [0.15, 0.2) is 5.60 Å². The van der Waals surface area contributed by atoms with Crippen molar-refractivity contribution >= 4 is 29.5 Å². The molecule has 1 aliphatic heterocycles. The molecule has 1 aliphatic rings. The number of hydrogen-bond donors (Lipinski definition) is 5. The number of nitrogens with one attached hydrogen (secondary N) is 1. The average Bonchev–Trinajstić information content (AvgIpc) is 2.45. The lowest BCUT2D eigenvalue weighted by atomic mass is 9.96. The van der Waals surface area contributed by atoms with Crippen molar-refractivity contribution in [3.05, 3.63) is 29.8 Å². The highest BCUT2D eigenvalue weighted by Gasteiger charge is 2.40. The van der Waals surface area contributed by atoms with Crippen LogP contribution in [0.1, 0.15) is 24.8 Å². The molecule has 2 rings (SSSR count). The Hall–Kier alpha value is -2.94. The zero-order chi connectivity index (χ0) is 18.3. The third kappa shape index (κ3) is 5.69. The summed E-state index contributed by atoms with van der Waals surface area (Å²) in [5, 5.41) is 36.6. The van der Waals surface area contributed by atoms with Crippen LogP contribution in [0.4, 0.5) is 5.69 Å². The second-order valence-corrected chi connectivity index (χ2v) is 5.18. The summed E-state index contributed by atoms with van der Waals surface area (Å²) in [6.45, 7) is 0. The van der Waals surface area contributed by atoms with Crippen LogP contribution in [0.2, 0.25) is 0 Å². The SMILES string of the molecule is O=C(O)CC(O)(CC(=O)O)C(=O)O.O=C1CCc2ccccc2N1. The minimum atomic E-state index is -2.74. The number of fused-ring (bicyclic) bond motifs is 1. The summed E-state index contributed by atoms with van der Waals surface area (Å²) in [4.78, 5) is 41.4. The van der Waals surface area contributed by atoms with Crippen molar-refractivity contribution in [2.24, 2.45) is 0 Å². The highest BCUT2D eigenvalue weighted by molar-refractivity contribution is 5.93. The number of carboxylic acids is 3. The summed E-state index contributed by atoms with van der Waals surface area (Å²) in [6, 6.07) is 7.92. The monoisotopic (exact) mass is 339 g/mol. The van der Waals surface area contributed by atoms with Gasteiger partial charge in [-0.1, -0.05) is 18.2 Å². The Kier molecular flexibility index (Phi) is 6.42. The Morgan fingerprint density at radius 2 is 1.54 bits per heavy atom. The number of amides is 1. The van der Waals surface area contributed by atoms with Crippen LogP contribution in [0.3, 0.4) is 0 Å². The van der Waals surface area contributed by atoms with Crippen molar-refractivity contribution in [3.63, 3.8) is 0 Å². The first-order chi connectivity index (χ1) is 11.1. The van der Waals surface area contributed by atoms with Crippen LogP contribution in [-0.2, 0) is 25.6 Å². The van der Waals surface area contributed by atoms with Crippen LogP contribution in [-0.4, -0.2) is 49.8 Å². The standard InChI is InChI=1S/C9H9NO.C6H8O7/c11-9-6-5-7-3-1-2-4-8(7)10-9;7-3(8)1-6(13,5(11)12)2-4(9)10/h1-4H,5-6H2,(H,10,11);13H,1-2H2,(H,7,8)(H,9,10)(H,11,12). The third-order valence-corrected chi connectivity index (χ3v) is 3.20. The van der Waals surface area contributed by atoms with Crippen molar-refractivity contribution in [2.75, 3.05) is 5.32 Å². The van der Waals surface area contributed by atoms with Crippen LogP contribution in [0.25, 0.3) is 0 Å². The first-order valence-corrected chi connectivity index (χ1v) is 6.91. The van der Waals surface area contributed by atoms with Crippen LogP contribution in [0.5, 0.6) is 0 Å². The molecule has 0 bridgehead atoms. The molecule has 0 aromatic heterocycles. The fourth-order valence-electron chi connectivity index (χ4n) is 2.04. The zero-order valence-corrected chi connectivity index (χ0v) is 12.6. The second kappa shape index (κ2) is 8.06. The van der Waals surface area contributed by atoms with E-state index in [9.17, 15) is 19.2 Å². The van der Waals surface area contributed by atoms with Crippen LogP contribution in [0, 0.1) is 0 Å². The van der Waals surface area contributed by atoms with E-state index in [1.165, 1.54) is 5.56 Å². The van der Waals surface area contributed by atoms with E-state index in [4.69, 9.17) is 20.4 Å². The number of hydrogen-bond acceptors (Lipinski definition) is 5. The first-order valence-electron chi connectivity index (χ1n) is 6.91. The largest absolute Gasteiger partial charge is 0.481 e. The van der Waals surface area contributed by atoms with E-state index in [-0.39, 0.29) is 5.91 Å². The number of rotatable bonds is 5. The molecule has 1 amide bonds. The van der Waals surface area contributed by atoms with Gasteiger partial charge in [0.05, 0.1) is 12.8 Å². The summed E-state index contributed by atoms with van der Waals surface area (Å²) in [5.41, 5.74) is -0.520. The van der Waals surface area contributed by atoms with Gasteiger partial charge in [0.25, 0.3) is 0 Å². The molecule has 0 fully saturated rings. The van der Waals surface area contributed by atoms with Gasteiger partial charge >= 0.3 is 17.9 Å². The fourth-order valence-corrected chi connectivity index (χ4v) is 2.04. The van der Waals surface area contributed by atoms with Gasteiger partial charge in [-0.3, -0.25) is 14.4 Å². The molecule has 9 heteroatoms. The number of carbonyl (C=O) groups is 4. The summed E-state index contributed by atoms with van der Waals surface area (Å²) < 4.78 is 0. The smallest absolute Gasteiger partial charge is 0.336 e. The van der Waals surface area contributed by atoms with Gasteiger partial charge in [-0.25, -0.2) is 4.79 Å². The van der Waals surface area contributed by atoms with Crippen LogP contribution < -0.4 is 5.32 Å². The Labute approximate surface area is 136 Å². The van der Waals surface area contributed by atoms with E-state index in [1.807, 2.05) is 18.2 Å². The van der Waals surface area contributed by atoms with Gasteiger partial charge in [0.1, 0.15) is 0 Å². The zero-order valence-electron chi connectivity index (χ0n) is 12.6. The maximum atomic E-state index is 10.9. The summed E-state index contributed by atoms with van der Waals surface area (Å²) >= 11 is 0. The number of carbonyl (C=O) groups excluding carboxylic acids is 1. The van der Waals surface area contributed by atoms with Gasteiger partial charge in [0, 0.05) is 12.1 Å². The highest BCUT2D eigenvalue weighted by Crippen LogP contribution is 2.20. The molecule has 24 heavy (non-hydrogen) atoms. The molecule has 0 spiro atoms. The summed E-state index contributed by atoms with van der Waals surface area (Å²) in [6.07, 6.45) is -0.789. The van der Waals surface area contributed by atoms with Gasteiger partial charge < -0.3 is 25.7 Å². The van der Waals surface area contributed by atoms with E-state index in [2.05, 4.69) is 11.4 Å². The van der Waals surface area contributed by atoms with E-state index in [1.54, 1.807) is 0 Å². The summed E-state index contributed by atoms with van der Waals surface area (Å²) in [7, 11) is 0. The molecular formula is C15H17NO8. The molecule has 5 N–H and O–H groups in total. The van der Waals surface area contributed by atoms with E-state index < -0.39 is 36.4 Å². The van der Waals surface area contributed by atoms with Crippen molar-refractivity contribution in [2.45, 2.75) is 31.3 Å². The number of anilines is 1. The van der Waals surface area contributed by atoms with Crippen molar-refractivity contribution in [1.29, 1.82) is 0 Å². The molecule has 0 radical (unpaired) electrons. The Bertz CT molecular complexity index is 639. The fraction of sp³-hybridized carbons (Fsp3) is 0.333. The molecule has 0 saturated heterocycles. The molecule has 1 aromatic rings. The van der Waals surface area contributed by atoms with E-state index in [0.29, 0.717) is 6.42 Å². The quantitative estimate of drug-likeness (QED) is 0.512. The predicted molar refractivity (Wildman–Crippen MR) is 80.5 cm³/mol. The Morgan fingerprint density at radius 1 is 1.00 bits per heavy atom. The van der Waals surface area contributed by atoms with Gasteiger partial charge in [0.2, 0.25) is 5.91 Å².